The van der Waals surface area contributed by atoms with Crippen LogP contribution in [0.5, 0.6) is 0 Å². The van der Waals surface area contributed by atoms with Crippen molar-refractivity contribution in [2.75, 3.05) is 0 Å². The van der Waals surface area contributed by atoms with Gasteiger partial charge in [0.25, 0.3) is 0 Å². The molecule has 0 aliphatic heterocycles. The van der Waals surface area contributed by atoms with E-state index in [4.69, 9.17) is 0 Å². The quantitative estimate of drug-likeness (QED) is 0.375. The maximum absolute atomic E-state index is 3.23. The molecule has 0 unspecified atom stereocenters. The first-order valence-corrected chi connectivity index (χ1v) is 5.63. The maximum Gasteiger partial charge on any atom is -0.0279 e. The molecule has 0 fully saturated rings. The van der Waals surface area contributed by atoms with Crippen molar-refractivity contribution in [1.29, 1.82) is 0 Å². The van der Waals surface area contributed by atoms with Gasteiger partial charge in [0.05, 0.1) is 0 Å². The zero-order valence-corrected chi connectivity index (χ0v) is 9.18. The van der Waals surface area contributed by atoms with Gasteiger partial charge in [-0.25, -0.2) is 0 Å². The van der Waals surface area contributed by atoms with E-state index in [1.165, 1.54) is 38.5 Å². The molecule has 0 atom stereocenters. The molecule has 0 bridgehead atoms. The van der Waals surface area contributed by atoms with Crippen LogP contribution in [0, 0.1) is 6.08 Å². The first kappa shape index (κ1) is 12.5. The van der Waals surface area contributed by atoms with Gasteiger partial charge in [-0.15, -0.1) is 0 Å². The van der Waals surface area contributed by atoms with Crippen LogP contribution in [-0.4, -0.2) is 0 Å². The van der Waals surface area contributed by atoms with Crippen molar-refractivity contribution in [2.45, 2.75) is 58.8 Å². The van der Waals surface area contributed by atoms with E-state index in [-0.39, 0.29) is 0 Å². The average Bonchev–Trinajstić information content (AvgIpc) is 2.16. The summed E-state index contributed by atoms with van der Waals surface area (Å²) in [5, 5.41) is 0. The van der Waals surface area contributed by atoms with Crippen LogP contribution in [0.15, 0.2) is 18.2 Å². The first-order valence-electron chi connectivity index (χ1n) is 5.63. The Morgan fingerprint density at radius 3 is 2.54 bits per heavy atom. The van der Waals surface area contributed by atoms with Crippen LogP contribution in [0.25, 0.3) is 0 Å². The number of unbranched alkanes of at least 4 members (excludes halogenated alkanes) is 5. The number of rotatable bonds is 8. The highest BCUT2D eigenvalue weighted by atomic mass is 13.9. The lowest BCUT2D eigenvalue weighted by Crippen LogP contribution is -1.73. The van der Waals surface area contributed by atoms with Crippen molar-refractivity contribution in [2.24, 2.45) is 0 Å². The van der Waals surface area contributed by atoms with Crippen molar-refractivity contribution in [3.63, 3.8) is 0 Å². The fraction of sp³-hybridized carbons (Fsp3) is 0.692. The summed E-state index contributed by atoms with van der Waals surface area (Å²) in [7, 11) is 0. The van der Waals surface area contributed by atoms with E-state index >= 15 is 0 Å². The summed E-state index contributed by atoms with van der Waals surface area (Å²) < 4.78 is 0. The van der Waals surface area contributed by atoms with Crippen LogP contribution < -0.4 is 0 Å². The molecule has 0 saturated carbocycles. The highest BCUT2D eigenvalue weighted by Gasteiger charge is 1.82. The zero-order valence-electron chi connectivity index (χ0n) is 9.18. The lowest BCUT2D eigenvalue weighted by atomic mass is 10.1. The van der Waals surface area contributed by atoms with Crippen LogP contribution in [0.3, 0.4) is 0 Å². The Bertz CT molecular complexity index is 131. The third-order valence-corrected chi connectivity index (χ3v) is 1.97. The molecule has 0 rings (SSSR count). The lowest BCUT2D eigenvalue weighted by molar-refractivity contribution is 0.674. The van der Waals surface area contributed by atoms with Gasteiger partial charge >= 0.3 is 0 Å². The molecule has 1 radical (unpaired) electrons. The summed E-state index contributed by atoms with van der Waals surface area (Å²) in [4.78, 5) is 0. The van der Waals surface area contributed by atoms with Crippen molar-refractivity contribution < 1.29 is 0 Å². The molecular weight excluding hydrogens is 156 g/mol. The molecule has 0 N–H and O–H groups in total. The predicted molar refractivity (Wildman–Crippen MR) is 60.6 cm³/mol. The third kappa shape index (κ3) is 11.5. The molecule has 0 aromatic carbocycles. The van der Waals surface area contributed by atoms with E-state index in [0.29, 0.717) is 0 Å². The Labute approximate surface area is 83.7 Å². The second kappa shape index (κ2) is 11.5. The topological polar surface area (TPSA) is 0 Å². The van der Waals surface area contributed by atoms with Crippen LogP contribution in [-0.2, 0) is 0 Å². The van der Waals surface area contributed by atoms with E-state index in [9.17, 15) is 0 Å². The number of allylic oxidation sites excluding steroid dienone is 4. The third-order valence-electron chi connectivity index (χ3n) is 1.97. The van der Waals surface area contributed by atoms with Gasteiger partial charge in [-0.3, -0.25) is 0 Å². The molecule has 0 aromatic heterocycles. The molecular formula is C13H23. The monoisotopic (exact) mass is 179 g/mol. The van der Waals surface area contributed by atoms with Gasteiger partial charge in [0.15, 0.2) is 0 Å². The second-order valence-electron chi connectivity index (χ2n) is 3.40. The highest BCUT2D eigenvalue weighted by Crippen LogP contribution is 2.02. The molecule has 0 spiro atoms. The molecule has 0 aliphatic rings. The minimum atomic E-state index is 1.08. The summed E-state index contributed by atoms with van der Waals surface area (Å²) in [5.74, 6) is 0. The Kier molecular flexibility index (Phi) is 11.0. The van der Waals surface area contributed by atoms with Crippen LogP contribution in [0.1, 0.15) is 58.8 Å². The minimum absolute atomic E-state index is 1.08. The van der Waals surface area contributed by atoms with E-state index < -0.39 is 0 Å². The maximum atomic E-state index is 3.23. The second-order valence-corrected chi connectivity index (χ2v) is 3.40. The summed E-state index contributed by atoms with van der Waals surface area (Å²) in [6.07, 6.45) is 18.6. The Hall–Kier alpha value is -0.520. The van der Waals surface area contributed by atoms with Gasteiger partial charge in [-0.2, -0.15) is 0 Å². The van der Waals surface area contributed by atoms with Crippen LogP contribution in [0.2, 0.25) is 0 Å². The van der Waals surface area contributed by atoms with Crippen molar-refractivity contribution in [1.82, 2.24) is 0 Å². The van der Waals surface area contributed by atoms with Crippen LogP contribution in [0.4, 0.5) is 0 Å². The molecule has 0 amide bonds. The van der Waals surface area contributed by atoms with Gasteiger partial charge in [0.1, 0.15) is 0 Å². The number of hydrogen-bond acceptors (Lipinski definition) is 0. The minimum Gasteiger partial charge on any atom is -0.0845 e. The van der Waals surface area contributed by atoms with E-state index in [1.807, 2.05) is 6.08 Å². The summed E-state index contributed by atoms with van der Waals surface area (Å²) in [6.45, 7) is 4.42. The molecule has 75 valence electrons. The molecule has 13 heavy (non-hydrogen) atoms. The van der Waals surface area contributed by atoms with Crippen molar-refractivity contribution in [3.8, 4) is 0 Å². The molecule has 0 heterocycles. The highest BCUT2D eigenvalue weighted by molar-refractivity contribution is 4.98. The first-order chi connectivity index (χ1) is 6.41. The standard InChI is InChI=1S/C13H23/c1-3-5-7-9-11-13-12-10-8-6-4-2/h10,12-13H,3-7,9,11H2,1-2H3/b10-8?,13-12+. The van der Waals surface area contributed by atoms with Gasteiger partial charge in [-0.1, -0.05) is 57.8 Å². The van der Waals surface area contributed by atoms with Gasteiger partial charge < -0.3 is 0 Å². The van der Waals surface area contributed by atoms with Crippen molar-refractivity contribution in [3.05, 3.63) is 24.3 Å². The number of hydrogen-bond donors (Lipinski definition) is 0. The van der Waals surface area contributed by atoms with E-state index in [0.717, 1.165) is 6.42 Å². The smallest absolute Gasteiger partial charge is 0.0279 e. The normalized spacial score (nSPS) is 11.8. The van der Waals surface area contributed by atoms with Gasteiger partial charge in [0.2, 0.25) is 0 Å². The summed E-state index contributed by atoms with van der Waals surface area (Å²) in [5.41, 5.74) is 0. The fourth-order valence-corrected chi connectivity index (χ4v) is 1.15. The Balaban J connectivity index is 3.12. The van der Waals surface area contributed by atoms with Crippen LogP contribution >= 0.6 is 0 Å². The average molecular weight is 179 g/mol. The van der Waals surface area contributed by atoms with Crippen molar-refractivity contribution >= 4 is 0 Å². The zero-order chi connectivity index (χ0) is 9.78. The summed E-state index contributed by atoms with van der Waals surface area (Å²) >= 11 is 0. The molecule has 0 nitrogen and oxygen atoms in total. The molecule has 0 aliphatic carbocycles. The molecule has 0 heteroatoms. The van der Waals surface area contributed by atoms with Gasteiger partial charge in [-0.05, 0) is 25.3 Å². The largest absolute Gasteiger partial charge is 0.0845 e. The molecule has 0 aromatic rings. The van der Waals surface area contributed by atoms with E-state index in [2.05, 4.69) is 32.1 Å². The SMILES string of the molecule is CCC/[C]=C\C=C\CCCCCC. The fourth-order valence-electron chi connectivity index (χ4n) is 1.15. The lowest BCUT2D eigenvalue weighted by Gasteiger charge is -1.92. The van der Waals surface area contributed by atoms with Gasteiger partial charge in [0, 0.05) is 0 Å². The summed E-state index contributed by atoms with van der Waals surface area (Å²) in [6, 6.07) is 0. The molecule has 0 saturated heterocycles. The predicted octanol–water partition coefficient (Wildman–Crippen LogP) is 4.67. The Morgan fingerprint density at radius 1 is 1.00 bits per heavy atom. The Morgan fingerprint density at radius 2 is 1.85 bits per heavy atom. The van der Waals surface area contributed by atoms with E-state index in [1.54, 1.807) is 0 Å².